The summed E-state index contributed by atoms with van der Waals surface area (Å²) in [5.41, 5.74) is 3.30. The summed E-state index contributed by atoms with van der Waals surface area (Å²) < 4.78 is 0. The van der Waals surface area contributed by atoms with Crippen LogP contribution in [-0.2, 0) is 6.42 Å². The summed E-state index contributed by atoms with van der Waals surface area (Å²) in [6, 6.07) is 10.0. The first-order valence-corrected chi connectivity index (χ1v) is 8.55. The van der Waals surface area contributed by atoms with E-state index in [2.05, 4.69) is 69.2 Å². The highest BCUT2D eigenvalue weighted by molar-refractivity contribution is 5.34. The van der Waals surface area contributed by atoms with Gasteiger partial charge in [-0.1, -0.05) is 38.1 Å². The topological polar surface area (TPSA) is 15.3 Å². The maximum atomic E-state index is 3.81. The van der Waals surface area contributed by atoms with Crippen LogP contribution in [0.25, 0.3) is 0 Å². The average Bonchev–Trinajstić information content (AvgIpc) is 2.51. The van der Waals surface area contributed by atoms with Crippen LogP contribution >= 0.6 is 0 Å². The van der Waals surface area contributed by atoms with Crippen LogP contribution in [0.2, 0.25) is 0 Å². The summed E-state index contributed by atoms with van der Waals surface area (Å²) in [5, 5.41) is 3.81. The van der Waals surface area contributed by atoms with Crippen molar-refractivity contribution in [3.8, 4) is 0 Å². The molecule has 2 atom stereocenters. The molecule has 2 unspecified atom stereocenters. The maximum absolute atomic E-state index is 3.81. The largest absolute Gasteiger partial charge is 0.309 e. The molecule has 0 heterocycles. The molecule has 0 fully saturated rings. The van der Waals surface area contributed by atoms with Gasteiger partial charge in [-0.25, -0.2) is 0 Å². The normalized spacial score (nSPS) is 22.4. The summed E-state index contributed by atoms with van der Waals surface area (Å²) in [6.07, 6.45) is 4.82. The number of nitrogens with one attached hydrogen (secondary N) is 1. The van der Waals surface area contributed by atoms with Crippen LogP contribution in [0, 0.1) is 0 Å². The molecule has 0 saturated heterocycles. The molecule has 0 radical (unpaired) electrons. The number of benzene rings is 1. The summed E-state index contributed by atoms with van der Waals surface area (Å²) in [4.78, 5) is 2.61. The number of fused-ring (bicyclic) bond motifs is 1. The Bertz CT molecular complexity index is 453. The Labute approximate surface area is 130 Å². The first-order chi connectivity index (χ1) is 10.0. The van der Waals surface area contributed by atoms with Gasteiger partial charge in [-0.2, -0.15) is 0 Å². The Hall–Kier alpha value is -0.860. The van der Waals surface area contributed by atoms with E-state index in [1.54, 1.807) is 0 Å². The van der Waals surface area contributed by atoms with E-state index in [1.165, 1.54) is 36.8 Å². The van der Waals surface area contributed by atoms with E-state index < -0.39 is 0 Å². The van der Waals surface area contributed by atoms with Gasteiger partial charge in [0.15, 0.2) is 0 Å². The summed E-state index contributed by atoms with van der Waals surface area (Å²) in [6.45, 7) is 10.4. The van der Waals surface area contributed by atoms with Gasteiger partial charge in [0.05, 0.1) is 0 Å². The SMILES string of the molecule is CCCNC1c2ccccc2CCC1N(C)C(C)(C)CC. The van der Waals surface area contributed by atoms with Crippen molar-refractivity contribution < 1.29 is 0 Å². The average molecular weight is 288 g/mol. The zero-order chi connectivity index (χ0) is 15.5. The second-order valence-corrected chi connectivity index (χ2v) is 7.01. The lowest BCUT2D eigenvalue weighted by Gasteiger charge is -2.46. The van der Waals surface area contributed by atoms with Crippen molar-refractivity contribution in [2.75, 3.05) is 13.6 Å². The smallest absolute Gasteiger partial charge is 0.0481 e. The lowest BCUT2D eigenvalue weighted by molar-refractivity contribution is 0.0642. The van der Waals surface area contributed by atoms with Gasteiger partial charge in [0.2, 0.25) is 0 Å². The second kappa shape index (κ2) is 6.93. The van der Waals surface area contributed by atoms with Crippen molar-refractivity contribution in [3.05, 3.63) is 35.4 Å². The standard InChI is InChI=1S/C19H32N2/c1-6-14-20-18-16-11-9-8-10-15(16)12-13-17(18)21(5)19(3,4)7-2/h8-11,17-18,20H,6-7,12-14H2,1-5H3. The molecular weight excluding hydrogens is 256 g/mol. The number of hydrogen-bond acceptors (Lipinski definition) is 2. The lowest BCUT2D eigenvalue weighted by atomic mass is 9.81. The van der Waals surface area contributed by atoms with Gasteiger partial charge in [-0.15, -0.1) is 0 Å². The first-order valence-electron chi connectivity index (χ1n) is 8.55. The lowest BCUT2D eigenvalue weighted by Crippen LogP contribution is -2.53. The highest BCUT2D eigenvalue weighted by Gasteiger charge is 2.36. The number of aryl methyl sites for hydroxylation is 1. The highest BCUT2D eigenvalue weighted by Crippen LogP contribution is 2.35. The summed E-state index contributed by atoms with van der Waals surface area (Å²) in [5.74, 6) is 0. The van der Waals surface area contributed by atoms with Crippen LogP contribution in [-0.4, -0.2) is 30.1 Å². The van der Waals surface area contributed by atoms with Crippen molar-refractivity contribution in [1.29, 1.82) is 0 Å². The third-order valence-electron chi connectivity index (χ3n) is 5.42. The first kappa shape index (κ1) is 16.5. The number of likely N-dealkylation sites (N-methyl/N-ethyl adjacent to an activating group) is 1. The molecular formula is C19H32N2. The molecule has 0 bridgehead atoms. The molecule has 2 rings (SSSR count). The minimum Gasteiger partial charge on any atom is -0.309 e. The van der Waals surface area contributed by atoms with Crippen LogP contribution in [0.15, 0.2) is 24.3 Å². The Morgan fingerprint density at radius 3 is 2.62 bits per heavy atom. The van der Waals surface area contributed by atoms with Gasteiger partial charge in [0.1, 0.15) is 0 Å². The third-order valence-corrected chi connectivity index (χ3v) is 5.42. The van der Waals surface area contributed by atoms with Crippen LogP contribution in [0.3, 0.4) is 0 Å². The molecule has 118 valence electrons. The molecule has 1 aromatic rings. The van der Waals surface area contributed by atoms with Gasteiger partial charge in [0.25, 0.3) is 0 Å². The van der Waals surface area contributed by atoms with Gasteiger partial charge >= 0.3 is 0 Å². The van der Waals surface area contributed by atoms with Crippen molar-refractivity contribution in [2.45, 2.75) is 71.0 Å². The van der Waals surface area contributed by atoms with Crippen molar-refractivity contribution in [1.82, 2.24) is 10.2 Å². The molecule has 0 amide bonds. The summed E-state index contributed by atoms with van der Waals surface area (Å²) in [7, 11) is 2.31. The van der Waals surface area contributed by atoms with Crippen LogP contribution in [0.4, 0.5) is 0 Å². The molecule has 0 saturated carbocycles. The fraction of sp³-hybridized carbons (Fsp3) is 0.684. The maximum Gasteiger partial charge on any atom is 0.0481 e. The van der Waals surface area contributed by atoms with Crippen LogP contribution in [0.5, 0.6) is 0 Å². The van der Waals surface area contributed by atoms with Crippen molar-refractivity contribution in [2.24, 2.45) is 0 Å². The molecule has 1 aliphatic carbocycles. The van der Waals surface area contributed by atoms with E-state index in [0.29, 0.717) is 12.1 Å². The molecule has 0 aliphatic heterocycles. The fourth-order valence-electron chi connectivity index (χ4n) is 3.40. The molecule has 1 N–H and O–H groups in total. The predicted octanol–water partition coefficient (Wildman–Crippen LogP) is 4.16. The molecule has 21 heavy (non-hydrogen) atoms. The number of hydrogen-bond donors (Lipinski definition) is 1. The fourth-order valence-corrected chi connectivity index (χ4v) is 3.40. The predicted molar refractivity (Wildman–Crippen MR) is 91.7 cm³/mol. The zero-order valence-corrected chi connectivity index (χ0v) is 14.4. The van der Waals surface area contributed by atoms with Gasteiger partial charge in [-0.05, 0) is 64.3 Å². The minimum absolute atomic E-state index is 0.253. The Balaban J connectivity index is 2.29. The minimum atomic E-state index is 0.253. The second-order valence-electron chi connectivity index (χ2n) is 7.01. The van der Waals surface area contributed by atoms with Crippen molar-refractivity contribution in [3.63, 3.8) is 0 Å². The van der Waals surface area contributed by atoms with Gasteiger partial charge in [-0.3, -0.25) is 4.90 Å². The molecule has 1 aromatic carbocycles. The van der Waals surface area contributed by atoms with Crippen LogP contribution < -0.4 is 5.32 Å². The van der Waals surface area contributed by atoms with Crippen molar-refractivity contribution >= 4 is 0 Å². The molecule has 0 spiro atoms. The number of nitrogens with zero attached hydrogens (tertiary/aromatic N) is 1. The Morgan fingerprint density at radius 2 is 1.95 bits per heavy atom. The Kier molecular flexibility index (Phi) is 5.45. The molecule has 2 heteroatoms. The summed E-state index contributed by atoms with van der Waals surface area (Å²) >= 11 is 0. The monoisotopic (exact) mass is 288 g/mol. The van der Waals surface area contributed by atoms with Gasteiger partial charge < -0.3 is 5.32 Å². The molecule has 1 aliphatic rings. The van der Waals surface area contributed by atoms with Gasteiger partial charge in [0, 0.05) is 17.6 Å². The Morgan fingerprint density at radius 1 is 1.24 bits per heavy atom. The zero-order valence-electron chi connectivity index (χ0n) is 14.4. The third kappa shape index (κ3) is 3.49. The quantitative estimate of drug-likeness (QED) is 0.845. The molecule has 0 aromatic heterocycles. The number of rotatable bonds is 6. The van der Waals surface area contributed by atoms with E-state index >= 15 is 0 Å². The molecule has 2 nitrogen and oxygen atoms in total. The highest BCUT2D eigenvalue weighted by atomic mass is 15.2. The van der Waals surface area contributed by atoms with E-state index in [-0.39, 0.29) is 5.54 Å². The van der Waals surface area contributed by atoms with Crippen LogP contribution in [0.1, 0.15) is 64.1 Å². The van der Waals surface area contributed by atoms with E-state index in [4.69, 9.17) is 0 Å². The van der Waals surface area contributed by atoms with E-state index in [0.717, 1.165) is 6.54 Å². The van der Waals surface area contributed by atoms with E-state index in [9.17, 15) is 0 Å². The van der Waals surface area contributed by atoms with E-state index in [1.807, 2.05) is 0 Å².